The fourth-order valence-corrected chi connectivity index (χ4v) is 1.86. The number of nitrogens with one attached hydrogen (secondary N) is 1. The fraction of sp³-hybridized carbons (Fsp3) is 0.533. The minimum Gasteiger partial charge on any atom is -0.355 e. The highest BCUT2D eigenvalue weighted by molar-refractivity contribution is 9.10. The molecule has 2 rings (SSSR count). The average molecular weight is 357 g/mol. The quantitative estimate of drug-likeness (QED) is 0.786. The summed E-state index contributed by atoms with van der Waals surface area (Å²) in [6, 6.07) is 7.30. The Morgan fingerprint density at radius 2 is 1.67 bits per heavy atom. The number of carbonyl (C=O) groups excluding carboxylic acids is 1. The first kappa shape index (κ1) is 22.4. The number of benzene rings is 1. The van der Waals surface area contributed by atoms with Gasteiger partial charge in [0.2, 0.25) is 0 Å². The van der Waals surface area contributed by atoms with Crippen LogP contribution in [0.5, 0.6) is 0 Å². The van der Waals surface area contributed by atoms with E-state index in [0.717, 1.165) is 17.7 Å². The molecule has 1 aromatic rings. The molecule has 1 aromatic carbocycles. The lowest BCUT2D eigenvalue weighted by atomic mass is 10.2. The zero-order chi connectivity index (χ0) is 15.6. The summed E-state index contributed by atoms with van der Waals surface area (Å²) < 4.78 is 11.1. The third kappa shape index (κ3) is 8.91. The molecular weight excluding hydrogens is 333 g/mol. The van der Waals surface area contributed by atoms with E-state index in [1.165, 1.54) is 0 Å². The molecule has 0 saturated carbocycles. The van der Waals surface area contributed by atoms with Gasteiger partial charge in [0, 0.05) is 19.9 Å². The van der Waals surface area contributed by atoms with Gasteiger partial charge in [0.15, 0.2) is 5.79 Å². The molecule has 1 aliphatic heterocycles. The molecule has 21 heavy (non-hydrogen) atoms. The van der Waals surface area contributed by atoms with Gasteiger partial charge in [-0.1, -0.05) is 26.0 Å². The summed E-state index contributed by atoms with van der Waals surface area (Å²) in [5, 5.41) is 2.55. The van der Waals surface area contributed by atoms with Gasteiger partial charge in [0.25, 0.3) is 5.91 Å². The molecule has 3 radical (unpaired) electrons. The molecule has 1 aliphatic rings. The first-order chi connectivity index (χ1) is 9.46. The molecule has 0 unspecified atom stereocenters. The van der Waals surface area contributed by atoms with E-state index in [4.69, 9.17) is 9.47 Å². The third-order valence-electron chi connectivity index (χ3n) is 2.33. The van der Waals surface area contributed by atoms with Crippen LogP contribution in [0, 0.1) is 0 Å². The van der Waals surface area contributed by atoms with E-state index in [0.29, 0.717) is 5.56 Å². The molecule has 0 aromatic heterocycles. The lowest BCUT2D eigenvalue weighted by Crippen LogP contribution is -2.18. The summed E-state index contributed by atoms with van der Waals surface area (Å²) in [4.78, 5) is 11.1. The molecule has 4 nitrogen and oxygen atoms in total. The van der Waals surface area contributed by atoms with Gasteiger partial charge in [0.05, 0.1) is 18.8 Å². The molecule has 1 N–H and O–H groups in total. The van der Waals surface area contributed by atoms with E-state index in [-0.39, 0.29) is 20.1 Å². The average Bonchev–Trinajstić information content (AvgIpc) is 2.86. The molecule has 0 bridgehead atoms. The lowest BCUT2D eigenvalue weighted by Gasteiger charge is -2.13. The topological polar surface area (TPSA) is 47.6 Å². The predicted molar refractivity (Wildman–Crippen MR) is 90.6 cm³/mol. The smallest absolute Gasteiger partial charge is 0.252 e. The highest BCUT2D eigenvalue weighted by Crippen LogP contribution is 2.16. The van der Waals surface area contributed by atoms with Crippen LogP contribution in [0.15, 0.2) is 28.7 Å². The number of hydrogen-bond donors (Lipinski definition) is 1. The first-order valence-electron chi connectivity index (χ1n) is 6.71. The van der Waals surface area contributed by atoms with Gasteiger partial charge in [-0.3, -0.25) is 4.79 Å². The molecule has 117 valence electrons. The van der Waals surface area contributed by atoms with E-state index >= 15 is 0 Å². The van der Waals surface area contributed by atoms with Crippen molar-refractivity contribution in [3.05, 3.63) is 34.3 Å². The molecule has 0 aliphatic carbocycles. The number of halogens is 1. The molecule has 1 fully saturated rings. The summed E-state index contributed by atoms with van der Waals surface area (Å²) in [5.74, 6) is -0.377. The van der Waals surface area contributed by atoms with Crippen LogP contribution >= 0.6 is 15.9 Å². The minimum absolute atomic E-state index is 0. The number of rotatable bonds is 1. The summed E-state index contributed by atoms with van der Waals surface area (Å²) >= 11 is 3.28. The van der Waals surface area contributed by atoms with Crippen LogP contribution in [0.3, 0.4) is 0 Å². The second-order valence-corrected chi connectivity index (χ2v) is 5.01. The minimum atomic E-state index is -0.306. The van der Waals surface area contributed by atoms with Gasteiger partial charge >= 0.3 is 0 Å². The standard InChI is InChI=1S/C8H8BrNO.C5H10O2.C2H6.B/c1-10-8(11)6-4-2-3-5-7(6)9;1-5(2)6-3-4-7-5;1-2;/h2-5H,1H3,(H,10,11);3-4H2,1-2H3;1-2H3;. The van der Waals surface area contributed by atoms with Crippen LogP contribution < -0.4 is 5.32 Å². The normalized spacial score (nSPS) is 14.6. The zero-order valence-electron chi connectivity index (χ0n) is 13.4. The van der Waals surface area contributed by atoms with Crippen molar-refractivity contribution >= 4 is 30.3 Å². The zero-order valence-corrected chi connectivity index (χ0v) is 15.0. The van der Waals surface area contributed by atoms with Crippen LogP contribution in [0.2, 0.25) is 0 Å². The number of ether oxygens (including phenoxy) is 2. The van der Waals surface area contributed by atoms with Crippen LogP contribution in [0.1, 0.15) is 38.1 Å². The fourth-order valence-electron chi connectivity index (χ4n) is 1.40. The number of amides is 1. The molecule has 1 saturated heterocycles. The lowest BCUT2D eigenvalue weighted by molar-refractivity contribution is -0.125. The van der Waals surface area contributed by atoms with Crippen molar-refractivity contribution in [3.63, 3.8) is 0 Å². The van der Waals surface area contributed by atoms with E-state index in [1.807, 2.05) is 45.9 Å². The Kier molecular flexibility index (Phi) is 12.6. The Morgan fingerprint density at radius 1 is 1.19 bits per heavy atom. The molecule has 1 amide bonds. The van der Waals surface area contributed by atoms with E-state index in [2.05, 4.69) is 21.2 Å². The van der Waals surface area contributed by atoms with Crippen LogP contribution in [-0.2, 0) is 9.47 Å². The Balaban J connectivity index is 0. The van der Waals surface area contributed by atoms with Crippen molar-refractivity contribution < 1.29 is 14.3 Å². The second kappa shape index (κ2) is 11.8. The summed E-state index contributed by atoms with van der Waals surface area (Å²) in [7, 11) is 1.61. The first-order valence-corrected chi connectivity index (χ1v) is 7.50. The van der Waals surface area contributed by atoms with E-state index in [1.54, 1.807) is 13.1 Å². The van der Waals surface area contributed by atoms with Crippen molar-refractivity contribution in [2.75, 3.05) is 20.3 Å². The van der Waals surface area contributed by atoms with Gasteiger partial charge in [-0.2, -0.15) is 0 Å². The molecule has 0 atom stereocenters. The Bertz CT molecular complexity index is 406. The van der Waals surface area contributed by atoms with Gasteiger partial charge in [-0.05, 0) is 41.9 Å². The molecule has 0 spiro atoms. The number of hydrogen-bond acceptors (Lipinski definition) is 3. The van der Waals surface area contributed by atoms with Crippen molar-refractivity contribution in [2.24, 2.45) is 0 Å². The van der Waals surface area contributed by atoms with E-state index in [9.17, 15) is 4.79 Å². The SMILES string of the molecule is CC.CC1(C)OCCO1.CNC(=O)c1ccccc1Br.[B]. The Hall–Kier alpha value is -0.845. The third-order valence-corrected chi connectivity index (χ3v) is 3.02. The van der Waals surface area contributed by atoms with Gasteiger partial charge < -0.3 is 14.8 Å². The van der Waals surface area contributed by atoms with Gasteiger partial charge in [-0.15, -0.1) is 0 Å². The van der Waals surface area contributed by atoms with Crippen molar-refractivity contribution in [2.45, 2.75) is 33.5 Å². The second-order valence-electron chi connectivity index (χ2n) is 4.16. The summed E-state index contributed by atoms with van der Waals surface area (Å²) in [6.07, 6.45) is 0. The molecular formula is C15H24BBrNO3. The van der Waals surface area contributed by atoms with Gasteiger partial charge in [0.1, 0.15) is 0 Å². The monoisotopic (exact) mass is 356 g/mol. The Labute approximate surface area is 138 Å². The Morgan fingerprint density at radius 3 is 2.00 bits per heavy atom. The van der Waals surface area contributed by atoms with Crippen LogP contribution in [-0.4, -0.2) is 40.4 Å². The summed E-state index contributed by atoms with van der Waals surface area (Å²) in [6.45, 7) is 9.32. The molecule has 6 heteroatoms. The largest absolute Gasteiger partial charge is 0.355 e. The predicted octanol–water partition coefficient (Wildman–Crippen LogP) is 3.22. The highest BCUT2D eigenvalue weighted by atomic mass is 79.9. The van der Waals surface area contributed by atoms with Gasteiger partial charge in [-0.25, -0.2) is 0 Å². The summed E-state index contributed by atoms with van der Waals surface area (Å²) in [5.41, 5.74) is 0.662. The molecule has 1 heterocycles. The maximum absolute atomic E-state index is 11.1. The van der Waals surface area contributed by atoms with Crippen LogP contribution in [0.4, 0.5) is 0 Å². The highest BCUT2D eigenvalue weighted by Gasteiger charge is 2.23. The van der Waals surface area contributed by atoms with Crippen molar-refractivity contribution in [1.29, 1.82) is 0 Å². The maximum atomic E-state index is 11.1. The van der Waals surface area contributed by atoms with Crippen molar-refractivity contribution in [1.82, 2.24) is 5.32 Å². The van der Waals surface area contributed by atoms with E-state index < -0.39 is 0 Å². The maximum Gasteiger partial charge on any atom is 0.252 e. The van der Waals surface area contributed by atoms with Crippen molar-refractivity contribution in [3.8, 4) is 0 Å². The van der Waals surface area contributed by atoms with Crippen LogP contribution in [0.25, 0.3) is 0 Å². The number of carbonyl (C=O) groups is 1.